The van der Waals surface area contributed by atoms with E-state index in [0.717, 1.165) is 0 Å². The van der Waals surface area contributed by atoms with Crippen LogP contribution in [0.3, 0.4) is 0 Å². The topological polar surface area (TPSA) is 46.5 Å². The maximum absolute atomic E-state index is 9.79. The van der Waals surface area contributed by atoms with Crippen molar-refractivity contribution in [3.05, 3.63) is 0 Å². The molecule has 9 heavy (non-hydrogen) atoms. The second-order valence-corrected chi connectivity index (χ2v) is 1.34. The van der Waals surface area contributed by atoms with Gasteiger partial charge in [-0.25, -0.2) is 0 Å². The zero-order chi connectivity index (χ0) is 6.41. The molecule has 59 valence electrons. The molecule has 1 radical (unpaired) electrons. The fourth-order valence-corrected chi connectivity index (χ4v) is 0.304. The number of carboxylic acid groups (broad SMARTS) is 1. The molecule has 0 spiro atoms. The molecule has 0 aromatic rings. The number of rotatable bonds is 4. The predicted octanol–water partition coefficient (Wildman–Crippen LogP) is 0.495. The van der Waals surface area contributed by atoms with Gasteiger partial charge in [0.2, 0.25) is 0 Å². The van der Waals surface area contributed by atoms with Gasteiger partial charge in [-0.15, -0.1) is 0 Å². The van der Waals surface area contributed by atoms with Crippen molar-refractivity contribution in [1.29, 1.82) is 0 Å². The summed E-state index contributed by atoms with van der Waals surface area (Å²) in [4.78, 5) is 9.79. The van der Waals surface area contributed by atoms with Crippen LogP contribution >= 0.6 is 0 Å². The van der Waals surface area contributed by atoms with Gasteiger partial charge < -0.3 is 9.84 Å². The van der Waals surface area contributed by atoms with Crippen molar-refractivity contribution >= 4 is 5.97 Å². The van der Waals surface area contributed by atoms with Crippen LogP contribution in [0.4, 0.5) is 0 Å². The summed E-state index contributed by atoms with van der Waals surface area (Å²) >= 11 is 0. The number of carbonyl (C=O) groups is 1. The molecular weight excluding hydrogens is 172 g/mol. The summed E-state index contributed by atoms with van der Waals surface area (Å²) in [6.45, 7) is 2.75. The standard InChI is InChI=1S/C5H10O3.Cu/c1-2-8-4-3-5(6)7;/h2-4H2,1H3,(H,6,7);. The van der Waals surface area contributed by atoms with Gasteiger partial charge in [0, 0.05) is 23.7 Å². The zero-order valence-corrected chi connectivity index (χ0v) is 6.13. The Hall–Kier alpha value is -0.0505. The van der Waals surface area contributed by atoms with E-state index in [9.17, 15) is 4.79 Å². The van der Waals surface area contributed by atoms with Crippen molar-refractivity contribution in [3.63, 3.8) is 0 Å². The van der Waals surface area contributed by atoms with E-state index in [4.69, 9.17) is 9.84 Å². The summed E-state index contributed by atoms with van der Waals surface area (Å²) in [6, 6.07) is 0. The van der Waals surface area contributed by atoms with Crippen molar-refractivity contribution in [2.45, 2.75) is 13.3 Å². The molecule has 0 aliphatic carbocycles. The van der Waals surface area contributed by atoms with Gasteiger partial charge in [0.05, 0.1) is 13.0 Å². The number of hydrogen-bond acceptors (Lipinski definition) is 2. The summed E-state index contributed by atoms with van der Waals surface area (Å²) in [6.07, 6.45) is 0.105. The third-order valence-corrected chi connectivity index (χ3v) is 0.664. The third-order valence-electron chi connectivity index (χ3n) is 0.664. The normalized spacial score (nSPS) is 8.11. The molecule has 0 aliphatic heterocycles. The summed E-state index contributed by atoms with van der Waals surface area (Å²) < 4.78 is 4.76. The first kappa shape index (κ1) is 11.7. The van der Waals surface area contributed by atoms with Crippen LogP contribution in [0.2, 0.25) is 0 Å². The third kappa shape index (κ3) is 11.5. The molecule has 0 aromatic carbocycles. The average molecular weight is 182 g/mol. The molecule has 0 aromatic heterocycles. The largest absolute Gasteiger partial charge is 0.481 e. The molecule has 0 atom stereocenters. The first-order valence-corrected chi connectivity index (χ1v) is 2.57. The zero-order valence-electron chi connectivity index (χ0n) is 5.19. The predicted molar refractivity (Wildman–Crippen MR) is 28.7 cm³/mol. The molecule has 0 heterocycles. The minimum absolute atomic E-state index is 0. The summed E-state index contributed by atoms with van der Waals surface area (Å²) in [5, 5.41) is 8.06. The molecule has 0 saturated carbocycles. The van der Waals surface area contributed by atoms with Gasteiger partial charge in [-0.05, 0) is 6.92 Å². The number of carboxylic acids is 1. The van der Waals surface area contributed by atoms with Crippen LogP contribution in [0.25, 0.3) is 0 Å². The molecule has 0 amide bonds. The molecule has 1 N–H and O–H groups in total. The smallest absolute Gasteiger partial charge is 0.305 e. The first-order valence-electron chi connectivity index (χ1n) is 2.57. The quantitative estimate of drug-likeness (QED) is 0.508. The molecule has 4 heteroatoms. The van der Waals surface area contributed by atoms with E-state index in [2.05, 4.69) is 0 Å². The Morgan fingerprint density at radius 2 is 2.22 bits per heavy atom. The minimum Gasteiger partial charge on any atom is -0.481 e. The Balaban J connectivity index is 0. The van der Waals surface area contributed by atoms with Crippen LogP contribution < -0.4 is 0 Å². The summed E-state index contributed by atoms with van der Waals surface area (Å²) in [5.41, 5.74) is 0. The van der Waals surface area contributed by atoms with Gasteiger partial charge in [-0.2, -0.15) is 0 Å². The van der Waals surface area contributed by atoms with E-state index in [1.807, 2.05) is 6.92 Å². The molecule has 0 unspecified atom stereocenters. The van der Waals surface area contributed by atoms with Crippen LogP contribution in [0.5, 0.6) is 0 Å². The number of ether oxygens (including phenoxy) is 1. The van der Waals surface area contributed by atoms with Gasteiger partial charge >= 0.3 is 5.97 Å². The van der Waals surface area contributed by atoms with Crippen molar-refractivity contribution < 1.29 is 31.7 Å². The second kappa shape index (κ2) is 7.95. The maximum atomic E-state index is 9.79. The summed E-state index contributed by atoms with van der Waals surface area (Å²) in [7, 11) is 0. The van der Waals surface area contributed by atoms with Crippen molar-refractivity contribution in [1.82, 2.24) is 0 Å². The Labute approximate surface area is 64.9 Å². The molecule has 0 rings (SSSR count). The fourth-order valence-electron chi connectivity index (χ4n) is 0.304. The van der Waals surface area contributed by atoms with Gasteiger partial charge in [0.25, 0.3) is 0 Å². The molecule has 3 nitrogen and oxygen atoms in total. The minimum atomic E-state index is -0.807. The van der Waals surface area contributed by atoms with E-state index in [-0.39, 0.29) is 23.5 Å². The second-order valence-electron chi connectivity index (χ2n) is 1.34. The van der Waals surface area contributed by atoms with E-state index in [0.29, 0.717) is 13.2 Å². The van der Waals surface area contributed by atoms with Crippen LogP contribution in [0.15, 0.2) is 0 Å². The fraction of sp³-hybridized carbons (Fsp3) is 0.800. The molecule has 0 bridgehead atoms. The molecule has 0 fully saturated rings. The van der Waals surface area contributed by atoms with E-state index in [1.165, 1.54) is 0 Å². The van der Waals surface area contributed by atoms with Gasteiger partial charge in [-0.1, -0.05) is 0 Å². The summed E-state index contributed by atoms with van der Waals surface area (Å²) in [5.74, 6) is -0.807. The Morgan fingerprint density at radius 1 is 1.67 bits per heavy atom. The Kier molecular flexibility index (Phi) is 10.3. The van der Waals surface area contributed by atoms with Gasteiger partial charge in [-0.3, -0.25) is 4.79 Å². The van der Waals surface area contributed by atoms with Gasteiger partial charge in [0.1, 0.15) is 0 Å². The van der Waals surface area contributed by atoms with Crippen molar-refractivity contribution in [3.8, 4) is 0 Å². The van der Waals surface area contributed by atoms with Crippen LogP contribution in [-0.4, -0.2) is 24.3 Å². The number of hydrogen-bond donors (Lipinski definition) is 1. The first-order chi connectivity index (χ1) is 3.77. The average Bonchev–Trinajstić information content (AvgIpc) is 1.66. The van der Waals surface area contributed by atoms with E-state index in [1.54, 1.807) is 0 Å². The van der Waals surface area contributed by atoms with Gasteiger partial charge in [0.15, 0.2) is 0 Å². The number of aliphatic carboxylic acids is 1. The molecule has 0 aliphatic rings. The Morgan fingerprint density at radius 3 is 2.56 bits per heavy atom. The van der Waals surface area contributed by atoms with Crippen LogP contribution in [0, 0.1) is 0 Å². The van der Waals surface area contributed by atoms with Crippen molar-refractivity contribution in [2.24, 2.45) is 0 Å². The van der Waals surface area contributed by atoms with Crippen LogP contribution in [0.1, 0.15) is 13.3 Å². The molecular formula is C5H10CuO3. The van der Waals surface area contributed by atoms with E-state index < -0.39 is 5.97 Å². The monoisotopic (exact) mass is 181 g/mol. The van der Waals surface area contributed by atoms with E-state index >= 15 is 0 Å². The Bertz CT molecular complexity index is 74.6. The SMILES string of the molecule is CCOCCC(=O)O.[Cu]. The maximum Gasteiger partial charge on any atom is 0.305 e. The van der Waals surface area contributed by atoms with Crippen LogP contribution in [-0.2, 0) is 26.6 Å². The van der Waals surface area contributed by atoms with Crippen molar-refractivity contribution in [2.75, 3.05) is 13.2 Å². The molecule has 0 saturated heterocycles.